The van der Waals surface area contributed by atoms with Crippen LogP contribution in [-0.2, 0) is 4.79 Å². The first-order chi connectivity index (χ1) is 8.93. The number of anilines is 1. The monoisotopic (exact) mass is 268 g/mol. The fourth-order valence-corrected chi connectivity index (χ4v) is 1.56. The summed E-state index contributed by atoms with van der Waals surface area (Å²) in [5.74, 6) is -1.77. The van der Waals surface area contributed by atoms with Crippen molar-refractivity contribution < 1.29 is 19.1 Å². The molecular formula is C13H17FN2O3. The molecule has 0 aliphatic rings. The molecule has 0 saturated heterocycles. The van der Waals surface area contributed by atoms with E-state index in [1.54, 1.807) is 6.92 Å². The third-order valence-corrected chi connectivity index (χ3v) is 2.85. The minimum Gasteiger partial charge on any atom is -0.480 e. The molecule has 1 aromatic rings. The number of carboxylic acids is 1. The molecule has 0 spiro atoms. The fourth-order valence-electron chi connectivity index (χ4n) is 1.56. The number of carbonyl (C=O) groups is 2. The van der Waals surface area contributed by atoms with E-state index in [-0.39, 0.29) is 11.6 Å². The number of halogens is 1. The summed E-state index contributed by atoms with van der Waals surface area (Å²) in [5, 5.41) is 13.8. The minimum atomic E-state index is -1.09. The Balaban J connectivity index is 2.65. The second-order valence-electron chi connectivity index (χ2n) is 4.31. The molecule has 3 N–H and O–H groups in total. The van der Waals surface area contributed by atoms with E-state index in [2.05, 4.69) is 10.6 Å². The van der Waals surface area contributed by atoms with Gasteiger partial charge in [0, 0.05) is 5.69 Å². The number of aliphatic carboxylic acids is 1. The Morgan fingerprint density at radius 2 is 2.11 bits per heavy atom. The maximum atomic E-state index is 12.9. The van der Waals surface area contributed by atoms with Crippen molar-refractivity contribution in [3.05, 3.63) is 30.1 Å². The molecule has 2 amide bonds. The molecule has 2 atom stereocenters. The third-order valence-electron chi connectivity index (χ3n) is 2.85. The number of carboxylic acid groups (broad SMARTS) is 1. The van der Waals surface area contributed by atoms with Crippen molar-refractivity contribution in [2.45, 2.75) is 26.3 Å². The van der Waals surface area contributed by atoms with Gasteiger partial charge in [0.2, 0.25) is 0 Å². The Morgan fingerprint density at radius 3 is 2.63 bits per heavy atom. The van der Waals surface area contributed by atoms with Gasteiger partial charge in [-0.2, -0.15) is 0 Å². The van der Waals surface area contributed by atoms with E-state index in [9.17, 15) is 14.0 Å². The molecule has 6 heteroatoms. The second-order valence-corrected chi connectivity index (χ2v) is 4.31. The quantitative estimate of drug-likeness (QED) is 0.767. The van der Waals surface area contributed by atoms with Crippen LogP contribution in [0.4, 0.5) is 14.9 Å². The zero-order chi connectivity index (χ0) is 14.4. The summed E-state index contributed by atoms with van der Waals surface area (Å²) in [6, 6.07) is 3.73. The number of rotatable bonds is 5. The molecule has 2 unspecified atom stereocenters. The number of carbonyl (C=O) groups excluding carboxylic acids is 1. The third kappa shape index (κ3) is 4.57. The average molecular weight is 268 g/mol. The van der Waals surface area contributed by atoms with Gasteiger partial charge in [0.25, 0.3) is 0 Å². The van der Waals surface area contributed by atoms with Gasteiger partial charge in [-0.15, -0.1) is 0 Å². The second kappa shape index (κ2) is 6.72. The van der Waals surface area contributed by atoms with Crippen molar-refractivity contribution in [3.63, 3.8) is 0 Å². The number of hydrogen-bond donors (Lipinski definition) is 3. The highest BCUT2D eigenvalue weighted by atomic mass is 19.1. The lowest BCUT2D eigenvalue weighted by Crippen LogP contribution is -2.46. The van der Waals surface area contributed by atoms with Crippen LogP contribution in [0.25, 0.3) is 0 Å². The van der Waals surface area contributed by atoms with Gasteiger partial charge in [-0.05, 0) is 24.1 Å². The maximum Gasteiger partial charge on any atom is 0.326 e. The lowest BCUT2D eigenvalue weighted by Gasteiger charge is -2.20. The van der Waals surface area contributed by atoms with Gasteiger partial charge in [-0.1, -0.05) is 26.3 Å². The van der Waals surface area contributed by atoms with E-state index in [0.717, 1.165) is 6.07 Å². The first-order valence-corrected chi connectivity index (χ1v) is 6.00. The summed E-state index contributed by atoms with van der Waals surface area (Å²) in [6.07, 6.45) is 0.622. The van der Waals surface area contributed by atoms with Gasteiger partial charge in [0.05, 0.1) is 0 Å². The Morgan fingerprint density at radius 1 is 1.42 bits per heavy atom. The Hall–Kier alpha value is -2.11. The molecule has 1 rings (SSSR count). The Labute approximate surface area is 110 Å². The summed E-state index contributed by atoms with van der Waals surface area (Å²) in [4.78, 5) is 22.7. The molecule has 19 heavy (non-hydrogen) atoms. The van der Waals surface area contributed by atoms with Gasteiger partial charge in [-0.3, -0.25) is 0 Å². The number of urea groups is 1. The van der Waals surface area contributed by atoms with Crippen molar-refractivity contribution in [3.8, 4) is 0 Å². The van der Waals surface area contributed by atoms with E-state index >= 15 is 0 Å². The Kier molecular flexibility index (Phi) is 5.29. The molecule has 0 aliphatic carbocycles. The van der Waals surface area contributed by atoms with Crippen LogP contribution in [0.3, 0.4) is 0 Å². The highest BCUT2D eigenvalue weighted by Gasteiger charge is 2.25. The van der Waals surface area contributed by atoms with Crippen molar-refractivity contribution in [2.75, 3.05) is 5.32 Å². The summed E-state index contributed by atoms with van der Waals surface area (Å²) >= 11 is 0. The van der Waals surface area contributed by atoms with E-state index in [1.807, 2.05) is 6.92 Å². The predicted molar refractivity (Wildman–Crippen MR) is 69.4 cm³/mol. The molecule has 104 valence electrons. The van der Waals surface area contributed by atoms with E-state index < -0.39 is 23.9 Å². The van der Waals surface area contributed by atoms with Crippen LogP contribution in [0.5, 0.6) is 0 Å². The van der Waals surface area contributed by atoms with Crippen LogP contribution in [-0.4, -0.2) is 23.1 Å². The van der Waals surface area contributed by atoms with Gasteiger partial charge in [-0.25, -0.2) is 14.0 Å². The first kappa shape index (κ1) is 14.9. The number of amides is 2. The van der Waals surface area contributed by atoms with Crippen LogP contribution in [0.1, 0.15) is 20.3 Å². The summed E-state index contributed by atoms with van der Waals surface area (Å²) < 4.78 is 12.9. The SMILES string of the molecule is CCC(C)C(NC(=O)Nc1cccc(F)c1)C(=O)O. The molecule has 0 aromatic heterocycles. The largest absolute Gasteiger partial charge is 0.480 e. The van der Waals surface area contributed by atoms with Gasteiger partial charge >= 0.3 is 12.0 Å². The topological polar surface area (TPSA) is 78.4 Å². The van der Waals surface area contributed by atoms with Crippen LogP contribution in [0.15, 0.2) is 24.3 Å². The van der Waals surface area contributed by atoms with Gasteiger partial charge < -0.3 is 15.7 Å². The average Bonchev–Trinajstić information content (AvgIpc) is 2.34. The minimum absolute atomic E-state index is 0.198. The standard InChI is InChI=1S/C13H17FN2O3/c1-3-8(2)11(12(17)18)16-13(19)15-10-6-4-5-9(14)7-10/h4-8,11H,3H2,1-2H3,(H,17,18)(H2,15,16,19). The predicted octanol–water partition coefficient (Wildman–Crippen LogP) is 2.45. The molecule has 0 saturated carbocycles. The maximum absolute atomic E-state index is 12.9. The zero-order valence-electron chi connectivity index (χ0n) is 10.8. The van der Waals surface area contributed by atoms with Crippen molar-refractivity contribution in [1.29, 1.82) is 0 Å². The lowest BCUT2D eigenvalue weighted by molar-refractivity contribution is -0.140. The number of benzene rings is 1. The molecule has 0 fully saturated rings. The van der Waals surface area contributed by atoms with Crippen LogP contribution >= 0.6 is 0 Å². The summed E-state index contributed by atoms with van der Waals surface area (Å²) in [7, 11) is 0. The molecule has 5 nitrogen and oxygen atoms in total. The van der Waals surface area contributed by atoms with Crippen molar-refractivity contribution in [1.82, 2.24) is 5.32 Å². The number of hydrogen-bond acceptors (Lipinski definition) is 2. The highest BCUT2D eigenvalue weighted by Crippen LogP contribution is 2.11. The first-order valence-electron chi connectivity index (χ1n) is 6.00. The molecule has 0 bridgehead atoms. The van der Waals surface area contributed by atoms with E-state index in [4.69, 9.17) is 5.11 Å². The normalized spacial score (nSPS) is 13.4. The number of nitrogens with one attached hydrogen (secondary N) is 2. The molecule has 0 aliphatic heterocycles. The van der Waals surface area contributed by atoms with Gasteiger partial charge in [0.1, 0.15) is 11.9 Å². The van der Waals surface area contributed by atoms with Crippen LogP contribution < -0.4 is 10.6 Å². The van der Waals surface area contributed by atoms with Crippen LogP contribution in [0, 0.1) is 11.7 Å². The molecule has 0 heterocycles. The lowest BCUT2D eigenvalue weighted by atomic mass is 9.99. The highest BCUT2D eigenvalue weighted by molar-refractivity contribution is 5.92. The van der Waals surface area contributed by atoms with Crippen LogP contribution in [0.2, 0.25) is 0 Å². The summed E-state index contributed by atoms with van der Waals surface area (Å²) in [6.45, 7) is 3.58. The molecule has 1 aromatic carbocycles. The van der Waals surface area contributed by atoms with E-state index in [1.165, 1.54) is 18.2 Å². The smallest absolute Gasteiger partial charge is 0.326 e. The van der Waals surface area contributed by atoms with E-state index in [0.29, 0.717) is 6.42 Å². The summed E-state index contributed by atoms with van der Waals surface area (Å²) in [5.41, 5.74) is 0.269. The zero-order valence-corrected chi connectivity index (χ0v) is 10.8. The molecule has 0 radical (unpaired) electrons. The fraction of sp³-hybridized carbons (Fsp3) is 0.385. The van der Waals surface area contributed by atoms with Gasteiger partial charge in [0.15, 0.2) is 0 Å². The Bertz CT molecular complexity index is 465. The van der Waals surface area contributed by atoms with Crippen molar-refractivity contribution >= 4 is 17.7 Å². The molecular weight excluding hydrogens is 251 g/mol. The van der Waals surface area contributed by atoms with Crippen molar-refractivity contribution in [2.24, 2.45) is 5.92 Å².